The highest BCUT2D eigenvalue weighted by atomic mass is 14.0. The second-order valence-electron chi connectivity index (χ2n) is 3.72. The van der Waals surface area contributed by atoms with Gasteiger partial charge in [0.05, 0.1) is 0 Å². The molecule has 0 atom stereocenters. The molecule has 0 fully saturated rings. The summed E-state index contributed by atoms with van der Waals surface area (Å²) in [6.07, 6.45) is 2.23. The standard InChI is InChI=1S/C14H16.2C2H6.3CH4/c1-3-11-5-7-13-8-6-12(4-2)10-14(13)9-11;2*1-2;;;/h5-10H,3-4H2,1-2H3;2*1-2H3;3*1H4. The maximum absolute atomic E-state index is 2.30. The highest BCUT2D eigenvalue weighted by Gasteiger charge is 1.96. The summed E-state index contributed by atoms with van der Waals surface area (Å²) < 4.78 is 0. The van der Waals surface area contributed by atoms with Crippen molar-refractivity contribution in [3.05, 3.63) is 47.5 Å². The molecule has 0 heterocycles. The van der Waals surface area contributed by atoms with E-state index in [-0.39, 0.29) is 22.3 Å². The molecule has 0 aliphatic heterocycles. The lowest BCUT2D eigenvalue weighted by Crippen LogP contribution is -1.83. The SMILES string of the molecule is C.C.C.CC.CC.CCc1ccc2ccc(CC)cc2c1. The number of hydrogen-bond donors (Lipinski definition) is 0. The first-order valence-corrected chi connectivity index (χ1v) is 7.35. The van der Waals surface area contributed by atoms with Crippen LogP contribution in [0.2, 0.25) is 0 Å². The molecule has 0 heteroatoms. The number of benzene rings is 2. The summed E-state index contributed by atoms with van der Waals surface area (Å²) >= 11 is 0. The Hall–Kier alpha value is -1.30. The fourth-order valence-corrected chi connectivity index (χ4v) is 1.79. The molecule has 0 saturated carbocycles. The Kier molecular flexibility index (Phi) is 22.3. The van der Waals surface area contributed by atoms with Crippen molar-refractivity contribution in [2.24, 2.45) is 0 Å². The molecule has 2 aromatic rings. The zero-order valence-corrected chi connectivity index (χ0v) is 12.9. The fourth-order valence-electron chi connectivity index (χ4n) is 1.79. The van der Waals surface area contributed by atoms with Crippen LogP contribution in [0.4, 0.5) is 0 Å². The Morgan fingerprint density at radius 2 is 0.905 bits per heavy atom. The first kappa shape index (κ1) is 27.9. The Morgan fingerprint density at radius 3 is 1.19 bits per heavy atom. The van der Waals surface area contributed by atoms with Gasteiger partial charge in [0.25, 0.3) is 0 Å². The summed E-state index contributed by atoms with van der Waals surface area (Å²) in [6.45, 7) is 12.4. The summed E-state index contributed by atoms with van der Waals surface area (Å²) in [5.41, 5.74) is 2.84. The van der Waals surface area contributed by atoms with Crippen molar-refractivity contribution in [1.82, 2.24) is 0 Å². The second kappa shape index (κ2) is 16.8. The zero-order valence-electron chi connectivity index (χ0n) is 12.9. The fraction of sp³-hybridized carbons (Fsp3) is 0.524. The average Bonchev–Trinajstić information content (AvgIpc) is 2.50. The van der Waals surface area contributed by atoms with Crippen molar-refractivity contribution >= 4 is 10.8 Å². The van der Waals surface area contributed by atoms with E-state index < -0.39 is 0 Å². The van der Waals surface area contributed by atoms with Crippen LogP contribution in [0.5, 0.6) is 0 Å². The largest absolute Gasteiger partial charge is 0.0776 e. The van der Waals surface area contributed by atoms with Gasteiger partial charge in [0.1, 0.15) is 0 Å². The zero-order chi connectivity index (χ0) is 14.0. The number of aryl methyl sites for hydroxylation is 2. The Labute approximate surface area is 135 Å². The topological polar surface area (TPSA) is 0 Å². The van der Waals surface area contributed by atoms with Gasteiger partial charge in [-0.1, -0.05) is 100 Å². The molecule has 0 radical (unpaired) electrons. The molecule has 124 valence electrons. The van der Waals surface area contributed by atoms with Gasteiger partial charge in [-0.15, -0.1) is 0 Å². The third-order valence-corrected chi connectivity index (χ3v) is 2.79. The molecule has 21 heavy (non-hydrogen) atoms. The van der Waals surface area contributed by atoms with Gasteiger partial charge in [0.2, 0.25) is 0 Å². The van der Waals surface area contributed by atoms with E-state index in [1.807, 2.05) is 27.7 Å². The monoisotopic (exact) mass is 292 g/mol. The minimum absolute atomic E-state index is 0. The van der Waals surface area contributed by atoms with Crippen molar-refractivity contribution < 1.29 is 0 Å². The minimum atomic E-state index is 0. The van der Waals surface area contributed by atoms with Crippen LogP contribution in [0, 0.1) is 0 Å². The quantitative estimate of drug-likeness (QED) is 0.527. The molecule has 2 rings (SSSR count). The van der Waals surface area contributed by atoms with E-state index in [2.05, 4.69) is 50.2 Å². The number of rotatable bonds is 2. The molecule has 0 saturated heterocycles. The van der Waals surface area contributed by atoms with Crippen molar-refractivity contribution in [2.45, 2.75) is 76.7 Å². The molecular formula is C21H40. The van der Waals surface area contributed by atoms with Crippen LogP contribution in [-0.2, 0) is 12.8 Å². The van der Waals surface area contributed by atoms with E-state index in [1.165, 1.54) is 21.9 Å². The van der Waals surface area contributed by atoms with Gasteiger partial charge < -0.3 is 0 Å². The van der Waals surface area contributed by atoms with Gasteiger partial charge in [-0.3, -0.25) is 0 Å². The van der Waals surface area contributed by atoms with Gasteiger partial charge in [0.15, 0.2) is 0 Å². The lowest BCUT2D eigenvalue weighted by atomic mass is 10.0. The van der Waals surface area contributed by atoms with E-state index >= 15 is 0 Å². The summed E-state index contributed by atoms with van der Waals surface area (Å²) in [5.74, 6) is 0. The third kappa shape index (κ3) is 8.55. The summed E-state index contributed by atoms with van der Waals surface area (Å²) in [7, 11) is 0. The molecule has 0 nitrogen and oxygen atoms in total. The molecule has 2 aromatic carbocycles. The molecule has 0 aliphatic rings. The molecule has 0 amide bonds. The van der Waals surface area contributed by atoms with Crippen LogP contribution >= 0.6 is 0 Å². The molecule has 0 aromatic heterocycles. The van der Waals surface area contributed by atoms with Crippen LogP contribution in [0.3, 0.4) is 0 Å². The molecule has 0 spiro atoms. The third-order valence-electron chi connectivity index (χ3n) is 2.79. The van der Waals surface area contributed by atoms with E-state index in [0.29, 0.717) is 0 Å². The molecule has 0 unspecified atom stereocenters. The molecule has 0 N–H and O–H groups in total. The molecular weight excluding hydrogens is 252 g/mol. The van der Waals surface area contributed by atoms with Gasteiger partial charge >= 0.3 is 0 Å². The van der Waals surface area contributed by atoms with Crippen molar-refractivity contribution in [3.63, 3.8) is 0 Å². The van der Waals surface area contributed by atoms with Gasteiger partial charge in [0, 0.05) is 0 Å². The molecule has 0 bridgehead atoms. The predicted molar refractivity (Wildman–Crippen MR) is 106 cm³/mol. The van der Waals surface area contributed by atoms with E-state index in [9.17, 15) is 0 Å². The highest BCUT2D eigenvalue weighted by Crippen LogP contribution is 2.18. The van der Waals surface area contributed by atoms with Crippen LogP contribution in [-0.4, -0.2) is 0 Å². The lowest BCUT2D eigenvalue weighted by molar-refractivity contribution is 1.14. The van der Waals surface area contributed by atoms with E-state index in [1.54, 1.807) is 0 Å². The van der Waals surface area contributed by atoms with Crippen molar-refractivity contribution in [2.75, 3.05) is 0 Å². The van der Waals surface area contributed by atoms with Crippen LogP contribution in [0.1, 0.15) is 74.9 Å². The van der Waals surface area contributed by atoms with Crippen LogP contribution in [0.25, 0.3) is 10.8 Å². The molecule has 0 aliphatic carbocycles. The summed E-state index contributed by atoms with van der Waals surface area (Å²) in [4.78, 5) is 0. The second-order valence-corrected chi connectivity index (χ2v) is 3.72. The van der Waals surface area contributed by atoms with Crippen molar-refractivity contribution in [1.29, 1.82) is 0 Å². The highest BCUT2D eigenvalue weighted by molar-refractivity contribution is 5.83. The van der Waals surface area contributed by atoms with Crippen LogP contribution in [0.15, 0.2) is 36.4 Å². The lowest BCUT2D eigenvalue weighted by Gasteiger charge is -2.03. The number of hydrogen-bond acceptors (Lipinski definition) is 0. The van der Waals surface area contributed by atoms with Gasteiger partial charge in [-0.2, -0.15) is 0 Å². The Balaban J connectivity index is -0.000000191. The van der Waals surface area contributed by atoms with Gasteiger partial charge in [-0.25, -0.2) is 0 Å². The minimum Gasteiger partial charge on any atom is -0.0776 e. The smallest absolute Gasteiger partial charge is 0.0179 e. The van der Waals surface area contributed by atoms with Crippen LogP contribution < -0.4 is 0 Å². The first-order valence-electron chi connectivity index (χ1n) is 7.35. The van der Waals surface area contributed by atoms with E-state index in [4.69, 9.17) is 0 Å². The Morgan fingerprint density at radius 1 is 0.571 bits per heavy atom. The average molecular weight is 293 g/mol. The van der Waals surface area contributed by atoms with E-state index in [0.717, 1.165) is 12.8 Å². The normalized spacial score (nSPS) is 7.71. The van der Waals surface area contributed by atoms with Gasteiger partial charge in [-0.05, 0) is 34.7 Å². The first-order chi connectivity index (χ1) is 8.83. The number of fused-ring (bicyclic) bond motifs is 1. The van der Waals surface area contributed by atoms with Crippen molar-refractivity contribution in [3.8, 4) is 0 Å². The maximum atomic E-state index is 2.30. The Bertz CT molecular complexity index is 402. The summed E-state index contributed by atoms with van der Waals surface area (Å²) in [5, 5.41) is 2.73. The maximum Gasteiger partial charge on any atom is -0.0179 e. The predicted octanol–water partition coefficient (Wildman–Crippen LogP) is 7.93. The summed E-state index contributed by atoms with van der Waals surface area (Å²) in [6, 6.07) is 13.5.